The molecule has 0 aliphatic heterocycles. The van der Waals surface area contributed by atoms with E-state index < -0.39 is 0 Å². The van der Waals surface area contributed by atoms with E-state index >= 15 is 0 Å². The van der Waals surface area contributed by atoms with E-state index in [2.05, 4.69) is 13.8 Å². The summed E-state index contributed by atoms with van der Waals surface area (Å²) in [6.07, 6.45) is 1.71. The molecule has 0 radical (unpaired) electrons. The third kappa shape index (κ3) is 3.15. The first-order valence-corrected chi connectivity index (χ1v) is 6.33. The van der Waals surface area contributed by atoms with Gasteiger partial charge in [0, 0.05) is 11.1 Å². The van der Waals surface area contributed by atoms with Crippen LogP contribution in [0.4, 0.5) is 0 Å². The number of benzene rings is 1. The van der Waals surface area contributed by atoms with Crippen LogP contribution in [-0.4, -0.2) is 10.7 Å². The van der Waals surface area contributed by atoms with Gasteiger partial charge in [-0.3, -0.25) is 0 Å². The Balaban J connectivity index is 3.37. The van der Waals surface area contributed by atoms with Gasteiger partial charge in [0.25, 0.3) is 0 Å². The zero-order chi connectivity index (χ0) is 13.2. The molecule has 0 aliphatic carbocycles. The summed E-state index contributed by atoms with van der Waals surface area (Å²) in [5, 5.41) is 9.97. The maximum Gasteiger partial charge on any atom is 0.126 e. The Morgan fingerprint density at radius 1 is 1.12 bits per heavy atom. The number of ether oxygens (including phenoxy) is 1. The molecular weight excluding hydrogens is 212 g/mol. The number of hydrogen-bond acceptors (Lipinski definition) is 2. The van der Waals surface area contributed by atoms with Gasteiger partial charge in [0.1, 0.15) is 17.1 Å². The predicted molar refractivity (Wildman–Crippen MR) is 72.0 cm³/mol. The molecule has 2 heteroatoms. The zero-order valence-corrected chi connectivity index (χ0v) is 11.8. The molecule has 0 saturated carbocycles. The Bertz CT molecular complexity index is 400. The summed E-state index contributed by atoms with van der Waals surface area (Å²) in [6, 6.07) is 1.80. The Morgan fingerprint density at radius 3 is 2.06 bits per heavy atom. The number of rotatable bonds is 3. The van der Waals surface area contributed by atoms with Crippen molar-refractivity contribution in [3.05, 3.63) is 22.8 Å². The second kappa shape index (κ2) is 4.99. The van der Waals surface area contributed by atoms with Crippen LogP contribution in [0.5, 0.6) is 11.5 Å². The van der Waals surface area contributed by atoms with E-state index in [-0.39, 0.29) is 5.60 Å². The molecule has 1 rings (SSSR count). The topological polar surface area (TPSA) is 29.5 Å². The molecule has 17 heavy (non-hydrogen) atoms. The van der Waals surface area contributed by atoms with Crippen molar-refractivity contribution in [1.29, 1.82) is 0 Å². The van der Waals surface area contributed by atoms with Gasteiger partial charge in [-0.1, -0.05) is 13.8 Å². The van der Waals surface area contributed by atoms with Crippen LogP contribution >= 0.6 is 0 Å². The molecule has 1 aromatic carbocycles. The van der Waals surface area contributed by atoms with Crippen LogP contribution in [0.2, 0.25) is 0 Å². The normalized spacial score (nSPS) is 11.6. The van der Waals surface area contributed by atoms with E-state index in [4.69, 9.17) is 4.74 Å². The summed E-state index contributed by atoms with van der Waals surface area (Å²) in [5.74, 6) is 1.33. The lowest BCUT2D eigenvalue weighted by Crippen LogP contribution is -2.24. The standard InChI is InChI=1S/C15H24O2/c1-7-11-12(8-2)14(17-15(4,5)6)10(3)9-13(11)16/h9,16H,7-8H2,1-6H3. The van der Waals surface area contributed by atoms with Gasteiger partial charge in [0.05, 0.1) is 0 Å². The fourth-order valence-corrected chi connectivity index (χ4v) is 2.10. The van der Waals surface area contributed by atoms with Crippen LogP contribution in [0.1, 0.15) is 51.3 Å². The maximum absolute atomic E-state index is 9.97. The summed E-state index contributed by atoms with van der Waals surface area (Å²) < 4.78 is 6.04. The molecule has 0 amide bonds. The Hall–Kier alpha value is -1.18. The lowest BCUT2D eigenvalue weighted by molar-refractivity contribution is 0.128. The van der Waals surface area contributed by atoms with Crippen LogP contribution in [0.3, 0.4) is 0 Å². The Labute approximate surface area is 105 Å². The van der Waals surface area contributed by atoms with Crippen LogP contribution in [0.25, 0.3) is 0 Å². The lowest BCUT2D eigenvalue weighted by Gasteiger charge is -2.26. The molecule has 0 atom stereocenters. The van der Waals surface area contributed by atoms with E-state index in [1.54, 1.807) is 6.07 Å². The van der Waals surface area contributed by atoms with Gasteiger partial charge in [-0.15, -0.1) is 0 Å². The first-order chi connectivity index (χ1) is 7.80. The lowest BCUT2D eigenvalue weighted by atomic mass is 9.97. The molecule has 0 saturated heterocycles. The van der Waals surface area contributed by atoms with Crippen molar-refractivity contribution >= 4 is 0 Å². The highest BCUT2D eigenvalue weighted by Gasteiger charge is 2.19. The number of aryl methyl sites for hydroxylation is 1. The first-order valence-electron chi connectivity index (χ1n) is 6.33. The highest BCUT2D eigenvalue weighted by molar-refractivity contribution is 5.53. The molecule has 96 valence electrons. The molecule has 0 aromatic heterocycles. The quantitative estimate of drug-likeness (QED) is 0.859. The first kappa shape index (κ1) is 13.9. The Kier molecular flexibility index (Phi) is 4.07. The van der Waals surface area contributed by atoms with Gasteiger partial charge in [-0.05, 0) is 52.2 Å². The minimum absolute atomic E-state index is 0.212. The molecule has 0 unspecified atom stereocenters. The van der Waals surface area contributed by atoms with Crippen molar-refractivity contribution in [2.24, 2.45) is 0 Å². The number of phenolic OH excluding ortho intramolecular Hbond substituents is 1. The summed E-state index contributed by atoms with van der Waals surface area (Å²) >= 11 is 0. The van der Waals surface area contributed by atoms with Crippen molar-refractivity contribution in [2.45, 2.75) is 60.0 Å². The fraction of sp³-hybridized carbons (Fsp3) is 0.600. The highest BCUT2D eigenvalue weighted by atomic mass is 16.5. The third-order valence-corrected chi connectivity index (χ3v) is 2.77. The largest absolute Gasteiger partial charge is 0.508 e. The Morgan fingerprint density at radius 2 is 1.65 bits per heavy atom. The van der Waals surface area contributed by atoms with Crippen molar-refractivity contribution in [1.82, 2.24) is 0 Å². The van der Waals surface area contributed by atoms with Crippen LogP contribution in [-0.2, 0) is 12.8 Å². The molecule has 0 spiro atoms. The number of hydrogen-bond donors (Lipinski definition) is 1. The minimum Gasteiger partial charge on any atom is -0.508 e. The second-order valence-corrected chi connectivity index (χ2v) is 5.42. The molecule has 0 heterocycles. The van der Waals surface area contributed by atoms with Gasteiger partial charge >= 0.3 is 0 Å². The minimum atomic E-state index is -0.212. The average molecular weight is 236 g/mol. The smallest absolute Gasteiger partial charge is 0.126 e. The van der Waals surface area contributed by atoms with E-state index in [0.29, 0.717) is 5.75 Å². The second-order valence-electron chi connectivity index (χ2n) is 5.42. The average Bonchev–Trinajstić information content (AvgIpc) is 2.19. The van der Waals surface area contributed by atoms with E-state index in [1.165, 1.54) is 0 Å². The van der Waals surface area contributed by atoms with Gasteiger partial charge in [0.2, 0.25) is 0 Å². The van der Waals surface area contributed by atoms with Crippen LogP contribution < -0.4 is 4.74 Å². The number of phenols is 1. The third-order valence-electron chi connectivity index (χ3n) is 2.77. The fourth-order valence-electron chi connectivity index (χ4n) is 2.10. The molecule has 0 fully saturated rings. The van der Waals surface area contributed by atoms with E-state index in [9.17, 15) is 5.11 Å². The molecule has 1 N–H and O–H groups in total. The van der Waals surface area contributed by atoms with E-state index in [1.807, 2.05) is 27.7 Å². The SMILES string of the molecule is CCc1c(O)cc(C)c(OC(C)(C)C)c1CC. The maximum atomic E-state index is 9.97. The molecule has 1 aromatic rings. The van der Waals surface area contributed by atoms with E-state index in [0.717, 1.165) is 35.3 Å². The van der Waals surface area contributed by atoms with Gasteiger partial charge in [0.15, 0.2) is 0 Å². The molecule has 0 aliphatic rings. The monoisotopic (exact) mass is 236 g/mol. The molecule has 2 nitrogen and oxygen atoms in total. The van der Waals surface area contributed by atoms with Crippen LogP contribution in [0.15, 0.2) is 6.07 Å². The summed E-state index contributed by atoms with van der Waals surface area (Å²) in [6.45, 7) is 12.3. The van der Waals surface area contributed by atoms with Crippen molar-refractivity contribution in [2.75, 3.05) is 0 Å². The van der Waals surface area contributed by atoms with Gasteiger partial charge < -0.3 is 9.84 Å². The highest BCUT2D eigenvalue weighted by Crippen LogP contribution is 2.36. The van der Waals surface area contributed by atoms with Crippen LogP contribution in [0, 0.1) is 6.92 Å². The molecule has 0 bridgehead atoms. The van der Waals surface area contributed by atoms with Gasteiger partial charge in [-0.25, -0.2) is 0 Å². The number of aromatic hydroxyl groups is 1. The van der Waals surface area contributed by atoms with Crippen molar-refractivity contribution in [3.8, 4) is 11.5 Å². The molecular formula is C15H24O2. The zero-order valence-electron chi connectivity index (χ0n) is 11.8. The van der Waals surface area contributed by atoms with Crippen molar-refractivity contribution < 1.29 is 9.84 Å². The summed E-state index contributed by atoms with van der Waals surface area (Å²) in [4.78, 5) is 0. The van der Waals surface area contributed by atoms with Gasteiger partial charge in [-0.2, -0.15) is 0 Å². The summed E-state index contributed by atoms with van der Waals surface area (Å²) in [5.41, 5.74) is 2.94. The van der Waals surface area contributed by atoms with Crippen molar-refractivity contribution in [3.63, 3.8) is 0 Å². The summed E-state index contributed by atoms with van der Waals surface area (Å²) in [7, 11) is 0. The predicted octanol–water partition coefficient (Wildman–Crippen LogP) is 4.00.